The minimum atomic E-state index is -0.988. The minimum absolute atomic E-state index is 0.285. The van der Waals surface area contributed by atoms with Crippen LogP contribution in [0, 0.1) is 5.82 Å². The van der Waals surface area contributed by atoms with Gasteiger partial charge < -0.3 is 5.11 Å². The molecule has 1 aromatic rings. The number of carboxylic acids is 1. The van der Waals surface area contributed by atoms with E-state index in [2.05, 4.69) is 0 Å². The Labute approximate surface area is 87.4 Å². The average Bonchev–Trinajstić information content (AvgIpc) is 2.18. The maximum atomic E-state index is 12.6. The lowest BCUT2D eigenvalue weighted by Gasteiger charge is -1.99. The first-order valence-electron chi connectivity index (χ1n) is 4.43. The molecule has 1 aromatic carbocycles. The Morgan fingerprint density at radius 1 is 1.33 bits per heavy atom. The zero-order valence-electron chi connectivity index (χ0n) is 8.27. The summed E-state index contributed by atoms with van der Waals surface area (Å²) in [5, 5.41) is 8.37. The highest BCUT2D eigenvalue weighted by atomic mass is 19.1. The number of benzene rings is 1. The van der Waals surface area contributed by atoms with E-state index in [0.717, 1.165) is 17.2 Å². The topological polar surface area (TPSA) is 37.3 Å². The molecule has 2 nitrogen and oxygen atoms in total. The minimum Gasteiger partial charge on any atom is -0.478 e. The first-order valence-corrected chi connectivity index (χ1v) is 4.43. The number of hydrogen-bond donors (Lipinski definition) is 1. The van der Waals surface area contributed by atoms with Crippen molar-refractivity contribution in [3.63, 3.8) is 0 Å². The van der Waals surface area contributed by atoms with E-state index in [1.807, 2.05) is 6.92 Å². The summed E-state index contributed by atoms with van der Waals surface area (Å²) in [5.74, 6) is -1.27. The second-order valence-electron chi connectivity index (χ2n) is 3.05. The molecule has 0 aromatic heterocycles. The summed E-state index contributed by atoms with van der Waals surface area (Å²) in [6.07, 6.45) is 4.16. The third-order valence-electron chi connectivity index (χ3n) is 1.88. The molecule has 0 aliphatic rings. The number of allylic oxidation sites excluding steroid dienone is 3. The molecule has 0 fully saturated rings. The van der Waals surface area contributed by atoms with E-state index >= 15 is 0 Å². The molecule has 0 atom stereocenters. The van der Waals surface area contributed by atoms with E-state index in [-0.39, 0.29) is 5.82 Å². The third kappa shape index (κ3) is 3.77. The van der Waals surface area contributed by atoms with E-state index < -0.39 is 5.97 Å². The number of rotatable bonds is 3. The van der Waals surface area contributed by atoms with Crippen LogP contribution < -0.4 is 0 Å². The van der Waals surface area contributed by atoms with Gasteiger partial charge >= 0.3 is 5.97 Å². The fraction of sp³-hybridized carbons (Fsp3) is 0.0833. The molecule has 0 heterocycles. The molecule has 0 aliphatic carbocycles. The standard InChI is InChI=1S/C12H11FO2/c1-9(3-2-4-12(14)15)10-5-7-11(13)8-6-10/h2-8H,1H3,(H,14,15)/b4-2+,9-3-. The van der Waals surface area contributed by atoms with Gasteiger partial charge in [0.05, 0.1) is 0 Å². The second kappa shape index (κ2) is 5.10. The highest BCUT2D eigenvalue weighted by Crippen LogP contribution is 2.13. The van der Waals surface area contributed by atoms with Gasteiger partial charge in [0.2, 0.25) is 0 Å². The molecule has 0 spiro atoms. The fourth-order valence-electron chi connectivity index (χ4n) is 1.08. The fourth-order valence-corrected chi connectivity index (χ4v) is 1.08. The van der Waals surface area contributed by atoms with Crippen LogP contribution in [0.25, 0.3) is 5.57 Å². The van der Waals surface area contributed by atoms with E-state index in [1.165, 1.54) is 18.2 Å². The largest absolute Gasteiger partial charge is 0.478 e. The summed E-state index contributed by atoms with van der Waals surface area (Å²) >= 11 is 0. The Hall–Kier alpha value is -1.90. The van der Waals surface area contributed by atoms with Gasteiger partial charge in [0.1, 0.15) is 5.82 Å². The second-order valence-corrected chi connectivity index (χ2v) is 3.05. The van der Waals surface area contributed by atoms with Crippen LogP contribution >= 0.6 is 0 Å². The zero-order chi connectivity index (χ0) is 11.3. The molecular formula is C12H11FO2. The van der Waals surface area contributed by atoms with Crippen LogP contribution in [-0.4, -0.2) is 11.1 Å². The zero-order valence-corrected chi connectivity index (χ0v) is 8.27. The van der Waals surface area contributed by atoms with Crippen molar-refractivity contribution in [3.8, 4) is 0 Å². The normalized spacial score (nSPS) is 12.0. The van der Waals surface area contributed by atoms with Crippen molar-refractivity contribution in [2.24, 2.45) is 0 Å². The molecule has 1 N–H and O–H groups in total. The molecule has 15 heavy (non-hydrogen) atoms. The lowest BCUT2D eigenvalue weighted by atomic mass is 10.1. The molecular weight excluding hydrogens is 195 g/mol. The summed E-state index contributed by atoms with van der Waals surface area (Å²) in [7, 11) is 0. The Kier molecular flexibility index (Phi) is 3.80. The van der Waals surface area contributed by atoms with Gasteiger partial charge in [-0.05, 0) is 30.2 Å². The third-order valence-corrected chi connectivity index (χ3v) is 1.88. The summed E-state index contributed by atoms with van der Waals surface area (Å²) < 4.78 is 12.6. The molecule has 78 valence electrons. The van der Waals surface area contributed by atoms with Gasteiger partial charge in [-0.2, -0.15) is 0 Å². The number of carboxylic acid groups (broad SMARTS) is 1. The van der Waals surface area contributed by atoms with Crippen molar-refractivity contribution >= 4 is 11.5 Å². The van der Waals surface area contributed by atoms with E-state index in [4.69, 9.17) is 5.11 Å². The first-order chi connectivity index (χ1) is 7.09. The molecule has 0 aliphatic heterocycles. The predicted octanol–water partition coefficient (Wildman–Crippen LogP) is 2.87. The highest BCUT2D eigenvalue weighted by Gasteiger charge is 1.94. The quantitative estimate of drug-likeness (QED) is 0.610. The Morgan fingerprint density at radius 2 is 1.93 bits per heavy atom. The number of aliphatic carboxylic acids is 1. The van der Waals surface area contributed by atoms with Crippen LogP contribution in [0.5, 0.6) is 0 Å². The van der Waals surface area contributed by atoms with E-state index in [9.17, 15) is 9.18 Å². The van der Waals surface area contributed by atoms with Gasteiger partial charge in [-0.15, -0.1) is 0 Å². The van der Waals surface area contributed by atoms with Gasteiger partial charge in [-0.1, -0.05) is 24.3 Å². The van der Waals surface area contributed by atoms with Gasteiger partial charge in [0.25, 0.3) is 0 Å². The Balaban J connectivity index is 2.80. The van der Waals surface area contributed by atoms with Crippen molar-refractivity contribution in [2.75, 3.05) is 0 Å². The Bertz CT molecular complexity index is 402. The van der Waals surface area contributed by atoms with E-state index in [1.54, 1.807) is 18.2 Å². The molecule has 0 unspecified atom stereocenters. The molecule has 0 saturated heterocycles. The number of hydrogen-bond acceptors (Lipinski definition) is 1. The SMILES string of the molecule is C/C(=C/C=C/C(=O)O)c1ccc(F)cc1. The lowest BCUT2D eigenvalue weighted by molar-refractivity contribution is -0.131. The molecule has 1 rings (SSSR count). The van der Waals surface area contributed by atoms with Crippen LogP contribution in [0.3, 0.4) is 0 Å². The van der Waals surface area contributed by atoms with Gasteiger partial charge in [0, 0.05) is 6.08 Å². The van der Waals surface area contributed by atoms with Gasteiger partial charge in [-0.3, -0.25) is 0 Å². The van der Waals surface area contributed by atoms with Crippen LogP contribution in [0.1, 0.15) is 12.5 Å². The van der Waals surface area contributed by atoms with Crippen LogP contribution in [0.4, 0.5) is 4.39 Å². The smallest absolute Gasteiger partial charge is 0.328 e. The van der Waals surface area contributed by atoms with Gasteiger partial charge in [-0.25, -0.2) is 9.18 Å². The predicted molar refractivity (Wildman–Crippen MR) is 56.8 cm³/mol. The van der Waals surface area contributed by atoms with Gasteiger partial charge in [0.15, 0.2) is 0 Å². The summed E-state index contributed by atoms with van der Waals surface area (Å²) in [6.45, 7) is 1.83. The summed E-state index contributed by atoms with van der Waals surface area (Å²) in [6, 6.07) is 6.03. The summed E-state index contributed by atoms with van der Waals surface area (Å²) in [4.78, 5) is 10.2. The maximum absolute atomic E-state index is 12.6. The first kappa shape index (κ1) is 11.2. The van der Waals surface area contributed by atoms with Crippen LogP contribution in [0.15, 0.2) is 42.5 Å². The molecule has 0 bridgehead atoms. The van der Waals surface area contributed by atoms with E-state index in [0.29, 0.717) is 0 Å². The summed E-state index contributed by atoms with van der Waals surface area (Å²) in [5.41, 5.74) is 1.75. The average molecular weight is 206 g/mol. The van der Waals surface area contributed by atoms with Crippen molar-refractivity contribution in [2.45, 2.75) is 6.92 Å². The monoisotopic (exact) mass is 206 g/mol. The van der Waals surface area contributed by atoms with Crippen molar-refractivity contribution < 1.29 is 14.3 Å². The maximum Gasteiger partial charge on any atom is 0.328 e. The molecule has 3 heteroatoms. The number of halogens is 1. The Morgan fingerprint density at radius 3 is 2.47 bits per heavy atom. The lowest BCUT2D eigenvalue weighted by Crippen LogP contribution is -1.85. The van der Waals surface area contributed by atoms with Crippen molar-refractivity contribution in [3.05, 3.63) is 53.9 Å². The van der Waals surface area contributed by atoms with Crippen molar-refractivity contribution in [1.82, 2.24) is 0 Å². The molecule has 0 amide bonds. The molecule has 0 saturated carbocycles. The van der Waals surface area contributed by atoms with Crippen LogP contribution in [-0.2, 0) is 4.79 Å². The van der Waals surface area contributed by atoms with Crippen LogP contribution in [0.2, 0.25) is 0 Å². The van der Waals surface area contributed by atoms with Crippen molar-refractivity contribution in [1.29, 1.82) is 0 Å². The number of carbonyl (C=O) groups is 1. The highest BCUT2D eigenvalue weighted by molar-refractivity contribution is 5.80. The molecule has 0 radical (unpaired) electrons.